The van der Waals surface area contributed by atoms with Crippen molar-refractivity contribution in [3.63, 3.8) is 0 Å². The van der Waals surface area contributed by atoms with Gasteiger partial charge in [0.2, 0.25) is 5.89 Å². The van der Waals surface area contributed by atoms with E-state index in [1.54, 1.807) is 23.3 Å². The van der Waals surface area contributed by atoms with Gasteiger partial charge in [0.25, 0.3) is 11.8 Å². The fourth-order valence-corrected chi connectivity index (χ4v) is 5.66. The summed E-state index contributed by atoms with van der Waals surface area (Å²) in [6.07, 6.45) is 4.90. The number of aryl methyl sites for hydroxylation is 2. The zero-order chi connectivity index (χ0) is 26.6. The van der Waals surface area contributed by atoms with Gasteiger partial charge in [-0.3, -0.25) is 9.59 Å². The minimum atomic E-state index is -0.734. The molecule has 38 heavy (non-hydrogen) atoms. The molecule has 8 heteroatoms. The van der Waals surface area contributed by atoms with Crippen molar-refractivity contribution in [2.24, 2.45) is 0 Å². The Hall–Kier alpha value is -3.49. The Bertz CT molecular complexity index is 1270. The average molecular weight is 517 g/mol. The molecule has 2 amide bonds. The van der Waals surface area contributed by atoms with Crippen LogP contribution in [-0.2, 0) is 6.42 Å². The number of amides is 2. The largest absolute Gasteiger partial charge is 0.446 e. The second kappa shape index (κ2) is 11.5. The van der Waals surface area contributed by atoms with Crippen LogP contribution in [0, 0.1) is 13.8 Å². The molecule has 4 atom stereocenters. The first-order chi connectivity index (χ1) is 18.4. The van der Waals surface area contributed by atoms with Crippen molar-refractivity contribution >= 4 is 11.8 Å². The molecule has 2 aromatic carbocycles. The van der Waals surface area contributed by atoms with E-state index in [0.29, 0.717) is 30.0 Å². The first-order valence-corrected chi connectivity index (χ1v) is 13.5. The molecule has 0 spiro atoms. The van der Waals surface area contributed by atoms with Crippen molar-refractivity contribution < 1.29 is 19.1 Å². The van der Waals surface area contributed by atoms with Gasteiger partial charge in [0.15, 0.2) is 0 Å². The summed E-state index contributed by atoms with van der Waals surface area (Å²) in [5.41, 5.74) is 3.51. The zero-order valence-corrected chi connectivity index (χ0v) is 22.0. The van der Waals surface area contributed by atoms with Gasteiger partial charge in [0.05, 0.1) is 17.8 Å². The molecule has 200 valence electrons. The van der Waals surface area contributed by atoms with E-state index >= 15 is 0 Å². The minimum absolute atomic E-state index is 0.0652. The van der Waals surface area contributed by atoms with Crippen molar-refractivity contribution in [2.45, 2.75) is 70.2 Å². The Morgan fingerprint density at radius 2 is 1.92 bits per heavy atom. The number of hydrogen-bond donors (Lipinski definition) is 3. The number of aromatic nitrogens is 1. The monoisotopic (exact) mass is 516 g/mol. The van der Waals surface area contributed by atoms with Crippen LogP contribution < -0.4 is 10.6 Å². The average Bonchev–Trinajstić information content (AvgIpc) is 3.69. The summed E-state index contributed by atoms with van der Waals surface area (Å²) in [6.45, 7) is 5.22. The number of rotatable bonds is 8. The van der Waals surface area contributed by atoms with E-state index in [9.17, 15) is 14.7 Å². The summed E-state index contributed by atoms with van der Waals surface area (Å²) >= 11 is 0. The molecule has 5 rings (SSSR count). The zero-order valence-electron chi connectivity index (χ0n) is 22.0. The third-order valence-corrected chi connectivity index (χ3v) is 7.56. The number of carbonyl (C=O) groups excluding carboxylic acids is 2. The summed E-state index contributed by atoms with van der Waals surface area (Å²) in [4.78, 5) is 33.3. The summed E-state index contributed by atoms with van der Waals surface area (Å²) in [7, 11) is 0. The number of nitrogens with zero attached hydrogens (tertiary/aromatic N) is 2. The van der Waals surface area contributed by atoms with Crippen LogP contribution in [0.3, 0.4) is 0 Å². The van der Waals surface area contributed by atoms with Crippen LogP contribution in [0.15, 0.2) is 59.2 Å². The predicted octanol–water partition coefficient (Wildman–Crippen LogP) is 3.72. The lowest BCUT2D eigenvalue weighted by Gasteiger charge is -2.29. The van der Waals surface area contributed by atoms with E-state index in [1.165, 1.54) is 0 Å². The highest BCUT2D eigenvalue weighted by Crippen LogP contribution is 2.33. The summed E-state index contributed by atoms with van der Waals surface area (Å²) in [5, 5.41) is 17.6. The predicted molar refractivity (Wildman–Crippen MR) is 144 cm³/mol. The molecule has 8 nitrogen and oxygen atoms in total. The molecule has 2 aliphatic heterocycles. The Labute approximate surface area is 223 Å². The second-order valence-electron chi connectivity index (χ2n) is 10.5. The highest BCUT2D eigenvalue weighted by Gasteiger charge is 2.35. The van der Waals surface area contributed by atoms with Crippen LogP contribution in [0.2, 0.25) is 0 Å². The molecule has 0 bridgehead atoms. The van der Waals surface area contributed by atoms with Gasteiger partial charge in [-0.05, 0) is 81.8 Å². The van der Waals surface area contributed by atoms with E-state index < -0.39 is 12.1 Å². The Morgan fingerprint density at radius 3 is 2.63 bits per heavy atom. The maximum Gasteiger partial charge on any atom is 0.254 e. The fraction of sp³-hybridized carbons (Fsp3) is 0.433. The van der Waals surface area contributed by atoms with Gasteiger partial charge >= 0.3 is 0 Å². The van der Waals surface area contributed by atoms with Gasteiger partial charge < -0.3 is 25.1 Å². The molecule has 0 saturated carbocycles. The first kappa shape index (κ1) is 26.1. The third kappa shape index (κ3) is 5.81. The molecular weight excluding hydrogens is 480 g/mol. The lowest BCUT2D eigenvalue weighted by Crippen LogP contribution is -2.52. The van der Waals surface area contributed by atoms with Gasteiger partial charge in [0, 0.05) is 23.7 Å². The normalized spacial score (nSPS) is 20.9. The lowest BCUT2D eigenvalue weighted by atomic mass is 9.95. The van der Waals surface area contributed by atoms with Crippen molar-refractivity contribution in [1.82, 2.24) is 20.5 Å². The number of carbonyl (C=O) groups is 2. The molecule has 1 aromatic heterocycles. The smallest absolute Gasteiger partial charge is 0.254 e. The first-order valence-electron chi connectivity index (χ1n) is 13.5. The summed E-state index contributed by atoms with van der Waals surface area (Å²) in [6, 6.07) is 14.4. The van der Waals surface area contributed by atoms with Crippen LogP contribution in [0.5, 0.6) is 0 Å². The molecule has 3 heterocycles. The minimum Gasteiger partial charge on any atom is -0.446 e. The highest BCUT2D eigenvalue weighted by atomic mass is 16.3. The number of benzene rings is 2. The molecule has 0 radical (unpaired) electrons. The van der Waals surface area contributed by atoms with Crippen molar-refractivity contribution in [2.75, 3.05) is 13.1 Å². The number of aliphatic hydroxyl groups excluding tert-OH is 1. The number of hydrogen-bond acceptors (Lipinski definition) is 6. The topological polar surface area (TPSA) is 108 Å². The van der Waals surface area contributed by atoms with Crippen LogP contribution in [0.25, 0.3) is 0 Å². The molecule has 0 aliphatic carbocycles. The van der Waals surface area contributed by atoms with E-state index in [-0.39, 0.29) is 23.9 Å². The van der Waals surface area contributed by atoms with Gasteiger partial charge in [-0.25, -0.2) is 4.98 Å². The third-order valence-electron chi connectivity index (χ3n) is 7.56. The van der Waals surface area contributed by atoms with Crippen molar-refractivity contribution in [1.29, 1.82) is 0 Å². The van der Waals surface area contributed by atoms with Crippen LogP contribution in [0.4, 0.5) is 0 Å². The number of aliphatic hydroxyl groups is 1. The van der Waals surface area contributed by atoms with Crippen LogP contribution in [0.1, 0.15) is 75.2 Å². The maximum atomic E-state index is 13.6. The van der Waals surface area contributed by atoms with E-state index in [0.717, 1.165) is 49.0 Å². The Balaban J connectivity index is 1.36. The van der Waals surface area contributed by atoms with E-state index in [4.69, 9.17) is 4.42 Å². The fourth-order valence-electron chi connectivity index (χ4n) is 5.66. The van der Waals surface area contributed by atoms with Gasteiger partial charge in [0.1, 0.15) is 12.3 Å². The summed E-state index contributed by atoms with van der Waals surface area (Å²) < 4.78 is 5.61. The van der Waals surface area contributed by atoms with Gasteiger partial charge in [-0.15, -0.1) is 0 Å². The molecule has 2 saturated heterocycles. The van der Waals surface area contributed by atoms with Gasteiger partial charge in [-0.1, -0.05) is 30.3 Å². The Kier molecular flexibility index (Phi) is 7.90. The summed E-state index contributed by atoms with van der Waals surface area (Å²) in [5.74, 6) is 0.108. The lowest BCUT2D eigenvalue weighted by molar-refractivity contribution is 0.0715. The molecule has 3 N–H and O–H groups in total. The molecule has 3 aromatic rings. The SMILES string of the molecule is Cc1cc(C(=O)N[C@H](Cc2ccccc2)[C@H](O)[C@@H]2CCCN2)cc(C(=O)N2CCC[C@@H]2c2nc(C)co2)c1. The number of likely N-dealkylation sites (tertiary alicyclic amines) is 1. The van der Waals surface area contributed by atoms with Crippen LogP contribution in [-0.4, -0.2) is 58.1 Å². The van der Waals surface area contributed by atoms with E-state index in [2.05, 4.69) is 15.6 Å². The highest BCUT2D eigenvalue weighted by molar-refractivity contribution is 6.00. The molecule has 0 unspecified atom stereocenters. The molecule has 2 fully saturated rings. The number of oxazole rings is 1. The van der Waals surface area contributed by atoms with Gasteiger partial charge in [-0.2, -0.15) is 0 Å². The Morgan fingerprint density at radius 1 is 1.13 bits per heavy atom. The van der Waals surface area contributed by atoms with Crippen molar-refractivity contribution in [3.8, 4) is 0 Å². The maximum absolute atomic E-state index is 13.6. The second-order valence-corrected chi connectivity index (χ2v) is 10.5. The molecular formula is C30H36N4O4. The standard InChI is InChI=1S/C30H36N4O4/c1-19-14-22(17-23(15-19)30(37)34-13-7-11-26(34)29-32-20(2)18-38-29)28(36)33-25(16-21-8-4-3-5-9-21)27(35)24-10-6-12-31-24/h3-5,8-9,14-15,17-18,24-27,31,35H,6-7,10-13,16H2,1-2H3,(H,33,36)/t24-,25+,26+,27+/m0/s1. The number of nitrogens with one attached hydrogen (secondary N) is 2. The molecule has 2 aliphatic rings. The van der Waals surface area contributed by atoms with E-state index in [1.807, 2.05) is 50.2 Å². The quantitative estimate of drug-likeness (QED) is 0.421. The van der Waals surface area contributed by atoms with Crippen LogP contribution >= 0.6 is 0 Å². The van der Waals surface area contributed by atoms with Crippen molar-refractivity contribution in [3.05, 3.63) is 88.6 Å².